The average Bonchev–Trinajstić information content (AvgIpc) is 2.95. The summed E-state index contributed by atoms with van der Waals surface area (Å²) in [5, 5.41) is 7.74. The van der Waals surface area contributed by atoms with E-state index in [1.807, 2.05) is 20.9 Å². The Morgan fingerprint density at radius 1 is 1.17 bits per heavy atom. The van der Waals surface area contributed by atoms with E-state index >= 15 is 0 Å². The number of carbonyl (C=O) groups excluding carboxylic acids is 2. The molecule has 1 aliphatic heterocycles. The van der Waals surface area contributed by atoms with Crippen molar-refractivity contribution in [2.45, 2.75) is 19.9 Å². The number of amides is 2. The summed E-state index contributed by atoms with van der Waals surface area (Å²) in [6.07, 6.45) is 3.27. The highest BCUT2D eigenvalue weighted by molar-refractivity contribution is 6.35. The number of nitrogens with one attached hydrogen (secondary N) is 1. The highest BCUT2D eigenvalue weighted by Gasteiger charge is 2.27. The number of piperazine rings is 1. The molecule has 1 aliphatic rings. The molecule has 0 unspecified atom stereocenters. The second-order valence-electron chi connectivity index (χ2n) is 6.11. The number of nitrogens with zero attached hydrogens (tertiary/aromatic N) is 6. The molecule has 9 heteroatoms. The molecule has 3 heterocycles. The minimum atomic E-state index is -0.546. The van der Waals surface area contributed by atoms with Gasteiger partial charge < -0.3 is 15.1 Å². The lowest BCUT2D eigenvalue weighted by molar-refractivity contribution is -0.146. The van der Waals surface area contributed by atoms with Crippen molar-refractivity contribution < 1.29 is 9.59 Å². The molecule has 0 radical (unpaired) electrons. The van der Waals surface area contributed by atoms with Gasteiger partial charge in [0.15, 0.2) is 5.65 Å². The zero-order valence-corrected chi connectivity index (χ0v) is 14.1. The number of rotatable bonds is 2. The summed E-state index contributed by atoms with van der Waals surface area (Å²) in [6.45, 7) is 5.85. The fourth-order valence-electron chi connectivity index (χ4n) is 2.79. The number of aromatic nitrogens is 4. The average molecular weight is 331 g/mol. The van der Waals surface area contributed by atoms with Gasteiger partial charge in [-0.25, -0.2) is 9.97 Å². The molecule has 2 amide bonds. The van der Waals surface area contributed by atoms with E-state index in [0.29, 0.717) is 26.2 Å². The Bertz CT molecular complexity index is 762. The molecule has 0 aliphatic carbocycles. The van der Waals surface area contributed by atoms with Crippen LogP contribution in [0.5, 0.6) is 0 Å². The zero-order chi connectivity index (χ0) is 17.3. The third-order valence-corrected chi connectivity index (χ3v) is 3.99. The quantitative estimate of drug-likeness (QED) is 0.748. The molecule has 0 atom stereocenters. The molecule has 1 saturated heterocycles. The second-order valence-corrected chi connectivity index (χ2v) is 6.11. The van der Waals surface area contributed by atoms with Crippen LogP contribution in [0.25, 0.3) is 11.0 Å². The van der Waals surface area contributed by atoms with E-state index in [9.17, 15) is 9.59 Å². The second kappa shape index (κ2) is 6.42. The molecular weight excluding hydrogens is 310 g/mol. The van der Waals surface area contributed by atoms with Gasteiger partial charge in [-0.05, 0) is 13.8 Å². The third-order valence-electron chi connectivity index (χ3n) is 3.99. The number of anilines is 1. The Kier molecular flexibility index (Phi) is 4.32. The first-order valence-electron chi connectivity index (χ1n) is 7.95. The molecule has 2 aromatic rings. The Balaban J connectivity index is 1.68. The van der Waals surface area contributed by atoms with Crippen LogP contribution < -0.4 is 10.2 Å². The van der Waals surface area contributed by atoms with E-state index in [4.69, 9.17) is 0 Å². The predicted molar refractivity (Wildman–Crippen MR) is 88.4 cm³/mol. The highest BCUT2D eigenvalue weighted by atomic mass is 16.2. The van der Waals surface area contributed by atoms with Gasteiger partial charge in [-0.15, -0.1) is 0 Å². The SMILES string of the molecule is CC(C)NC(=O)C(=O)N1CCN(c2ncnc3c2cnn3C)CC1. The van der Waals surface area contributed by atoms with Gasteiger partial charge in [-0.2, -0.15) is 5.10 Å². The summed E-state index contributed by atoms with van der Waals surface area (Å²) >= 11 is 0. The molecule has 128 valence electrons. The van der Waals surface area contributed by atoms with Gasteiger partial charge >= 0.3 is 11.8 Å². The predicted octanol–water partition coefficient (Wildman–Crippen LogP) is -0.463. The normalized spacial score (nSPS) is 15.2. The van der Waals surface area contributed by atoms with E-state index in [1.54, 1.807) is 15.8 Å². The van der Waals surface area contributed by atoms with Gasteiger partial charge in [0, 0.05) is 39.3 Å². The number of hydrogen-bond donors (Lipinski definition) is 1. The van der Waals surface area contributed by atoms with Crippen molar-refractivity contribution in [2.75, 3.05) is 31.1 Å². The Hall–Kier alpha value is -2.71. The maximum absolute atomic E-state index is 12.1. The lowest BCUT2D eigenvalue weighted by atomic mass is 10.2. The molecule has 0 aromatic carbocycles. The zero-order valence-electron chi connectivity index (χ0n) is 14.1. The van der Waals surface area contributed by atoms with Crippen LogP contribution in [0.15, 0.2) is 12.5 Å². The summed E-state index contributed by atoms with van der Waals surface area (Å²) in [4.78, 5) is 36.3. The maximum atomic E-state index is 12.1. The van der Waals surface area contributed by atoms with E-state index in [0.717, 1.165) is 16.9 Å². The number of carbonyl (C=O) groups is 2. The van der Waals surface area contributed by atoms with Gasteiger partial charge in [0.2, 0.25) is 0 Å². The Morgan fingerprint density at radius 2 is 1.88 bits per heavy atom. The minimum absolute atomic E-state index is 0.0531. The van der Waals surface area contributed by atoms with Crippen LogP contribution in [0.2, 0.25) is 0 Å². The first-order chi connectivity index (χ1) is 11.5. The van der Waals surface area contributed by atoms with Crippen molar-refractivity contribution in [3.8, 4) is 0 Å². The van der Waals surface area contributed by atoms with Gasteiger partial charge in [0.1, 0.15) is 12.1 Å². The summed E-state index contributed by atoms with van der Waals surface area (Å²) in [5.74, 6) is -0.209. The number of aryl methyl sites for hydroxylation is 1. The van der Waals surface area contributed by atoms with Crippen molar-refractivity contribution >= 4 is 28.7 Å². The molecule has 0 bridgehead atoms. The van der Waals surface area contributed by atoms with Crippen LogP contribution in [-0.4, -0.2) is 68.7 Å². The lowest BCUT2D eigenvalue weighted by Gasteiger charge is -2.35. The van der Waals surface area contributed by atoms with Gasteiger partial charge in [-0.3, -0.25) is 14.3 Å². The topological polar surface area (TPSA) is 96.2 Å². The standard InChI is InChI=1S/C15H21N7O2/c1-10(2)19-14(23)15(24)22-6-4-21(5-7-22)13-11-8-18-20(3)12(11)16-9-17-13/h8-10H,4-7H2,1-3H3,(H,19,23). The first-order valence-corrected chi connectivity index (χ1v) is 7.95. The molecule has 0 spiro atoms. The molecule has 9 nitrogen and oxygen atoms in total. The molecule has 1 fully saturated rings. The fourth-order valence-corrected chi connectivity index (χ4v) is 2.79. The number of fused-ring (bicyclic) bond motifs is 1. The van der Waals surface area contributed by atoms with Crippen LogP contribution in [0.4, 0.5) is 5.82 Å². The van der Waals surface area contributed by atoms with E-state index < -0.39 is 11.8 Å². The van der Waals surface area contributed by atoms with Crippen LogP contribution in [0, 0.1) is 0 Å². The molecule has 0 saturated carbocycles. The van der Waals surface area contributed by atoms with E-state index in [1.165, 1.54) is 6.33 Å². The Morgan fingerprint density at radius 3 is 2.54 bits per heavy atom. The molecule has 3 rings (SSSR count). The number of hydrogen-bond acceptors (Lipinski definition) is 6. The van der Waals surface area contributed by atoms with E-state index in [2.05, 4.69) is 25.3 Å². The monoisotopic (exact) mass is 331 g/mol. The summed E-state index contributed by atoms with van der Waals surface area (Å²) < 4.78 is 1.70. The van der Waals surface area contributed by atoms with Gasteiger partial charge in [0.05, 0.1) is 11.6 Å². The van der Waals surface area contributed by atoms with Crippen molar-refractivity contribution in [3.63, 3.8) is 0 Å². The maximum Gasteiger partial charge on any atom is 0.312 e. The van der Waals surface area contributed by atoms with Gasteiger partial charge in [-0.1, -0.05) is 0 Å². The summed E-state index contributed by atoms with van der Waals surface area (Å²) in [7, 11) is 1.84. The van der Waals surface area contributed by atoms with Crippen molar-refractivity contribution in [1.82, 2.24) is 30.0 Å². The molecule has 2 aromatic heterocycles. The van der Waals surface area contributed by atoms with Crippen LogP contribution >= 0.6 is 0 Å². The van der Waals surface area contributed by atoms with Crippen molar-refractivity contribution in [2.24, 2.45) is 7.05 Å². The van der Waals surface area contributed by atoms with Crippen LogP contribution in [0.3, 0.4) is 0 Å². The lowest BCUT2D eigenvalue weighted by Crippen LogP contribution is -2.53. The Labute approximate surface area is 139 Å². The van der Waals surface area contributed by atoms with E-state index in [-0.39, 0.29) is 6.04 Å². The van der Waals surface area contributed by atoms with Gasteiger partial charge in [0.25, 0.3) is 0 Å². The molecular formula is C15H21N7O2. The smallest absolute Gasteiger partial charge is 0.312 e. The molecule has 1 N–H and O–H groups in total. The molecule has 24 heavy (non-hydrogen) atoms. The van der Waals surface area contributed by atoms with Crippen LogP contribution in [-0.2, 0) is 16.6 Å². The first kappa shape index (κ1) is 16.2. The largest absolute Gasteiger partial charge is 0.352 e. The highest BCUT2D eigenvalue weighted by Crippen LogP contribution is 2.23. The van der Waals surface area contributed by atoms with Crippen molar-refractivity contribution in [3.05, 3.63) is 12.5 Å². The summed E-state index contributed by atoms with van der Waals surface area (Å²) in [5.41, 5.74) is 0.773. The minimum Gasteiger partial charge on any atom is -0.352 e. The third kappa shape index (κ3) is 3.01. The van der Waals surface area contributed by atoms with Crippen molar-refractivity contribution in [1.29, 1.82) is 0 Å². The fraction of sp³-hybridized carbons (Fsp3) is 0.533. The van der Waals surface area contributed by atoms with Crippen LogP contribution in [0.1, 0.15) is 13.8 Å². The summed E-state index contributed by atoms with van der Waals surface area (Å²) in [6, 6.07) is -0.0531.